The monoisotopic (exact) mass is 336 g/mol. The molecular formula is C15H16N2O3S2. The normalized spacial score (nSPS) is 18.9. The van der Waals surface area contributed by atoms with Crippen LogP contribution < -0.4 is 9.62 Å². The summed E-state index contributed by atoms with van der Waals surface area (Å²) in [5.74, 6) is -0.0669. The van der Waals surface area contributed by atoms with E-state index in [1.165, 1.54) is 0 Å². The Balaban J connectivity index is 1.74. The minimum atomic E-state index is -3.55. The molecule has 0 aliphatic carbocycles. The van der Waals surface area contributed by atoms with Crippen LogP contribution in [0, 0.1) is 6.92 Å². The molecule has 0 unspecified atom stereocenters. The van der Waals surface area contributed by atoms with Gasteiger partial charge in [-0.15, -0.1) is 11.3 Å². The number of thiophene rings is 1. The van der Waals surface area contributed by atoms with Crippen LogP contribution in [-0.4, -0.2) is 26.9 Å². The molecule has 0 saturated carbocycles. The topological polar surface area (TPSA) is 66.5 Å². The molecule has 1 amide bonds. The SMILES string of the molecule is Cc1ccc(N2C[C@@H](NS(=O)(=O)c3cccs3)CC2=O)cc1. The summed E-state index contributed by atoms with van der Waals surface area (Å²) in [5.41, 5.74) is 1.92. The Kier molecular flexibility index (Phi) is 4.03. The lowest BCUT2D eigenvalue weighted by Crippen LogP contribution is -2.36. The number of amides is 1. The fourth-order valence-corrected chi connectivity index (χ4v) is 4.69. The van der Waals surface area contributed by atoms with Crippen molar-refractivity contribution in [1.29, 1.82) is 0 Å². The van der Waals surface area contributed by atoms with Crippen LogP contribution in [0.25, 0.3) is 0 Å². The summed E-state index contributed by atoms with van der Waals surface area (Å²) >= 11 is 1.16. The Bertz CT molecular complexity index is 768. The number of nitrogens with one attached hydrogen (secondary N) is 1. The molecular weight excluding hydrogens is 320 g/mol. The molecule has 116 valence electrons. The van der Waals surface area contributed by atoms with Gasteiger partial charge < -0.3 is 4.90 Å². The van der Waals surface area contributed by atoms with E-state index in [0.717, 1.165) is 22.6 Å². The molecule has 1 aliphatic heterocycles. The number of carbonyl (C=O) groups excluding carboxylic acids is 1. The van der Waals surface area contributed by atoms with Gasteiger partial charge in [0.05, 0.1) is 0 Å². The first-order valence-electron chi connectivity index (χ1n) is 6.88. The molecule has 2 heterocycles. The molecule has 0 radical (unpaired) electrons. The zero-order valence-electron chi connectivity index (χ0n) is 12.0. The van der Waals surface area contributed by atoms with E-state index in [0.29, 0.717) is 6.54 Å². The van der Waals surface area contributed by atoms with Crippen LogP contribution >= 0.6 is 11.3 Å². The Morgan fingerprint density at radius 3 is 2.59 bits per heavy atom. The standard InChI is InChI=1S/C15H16N2O3S2/c1-11-4-6-13(7-5-11)17-10-12(9-14(17)18)16-22(19,20)15-3-2-8-21-15/h2-8,12,16H,9-10H2,1H3/t12-/m0/s1. The van der Waals surface area contributed by atoms with E-state index in [9.17, 15) is 13.2 Å². The van der Waals surface area contributed by atoms with Gasteiger partial charge in [0, 0.05) is 24.7 Å². The zero-order chi connectivity index (χ0) is 15.7. The maximum Gasteiger partial charge on any atom is 0.250 e. The average Bonchev–Trinajstić information content (AvgIpc) is 3.10. The van der Waals surface area contributed by atoms with Gasteiger partial charge in [-0.3, -0.25) is 4.79 Å². The third-order valence-corrected chi connectivity index (χ3v) is 6.47. The lowest BCUT2D eigenvalue weighted by atomic mass is 10.2. The van der Waals surface area contributed by atoms with Gasteiger partial charge in [-0.1, -0.05) is 23.8 Å². The lowest BCUT2D eigenvalue weighted by Gasteiger charge is -2.17. The predicted octanol–water partition coefficient (Wildman–Crippen LogP) is 2.14. The molecule has 5 nitrogen and oxygen atoms in total. The van der Waals surface area contributed by atoms with Gasteiger partial charge in [-0.05, 0) is 30.5 Å². The third kappa shape index (κ3) is 3.06. The smallest absolute Gasteiger partial charge is 0.250 e. The van der Waals surface area contributed by atoms with Crippen LogP contribution in [-0.2, 0) is 14.8 Å². The first-order chi connectivity index (χ1) is 10.5. The van der Waals surface area contributed by atoms with E-state index >= 15 is 0 Å². The largest absolute Gasteiger partial charge is 0.311 e. The minimum Gasteiger partial charge on any atom is -0.311 e. The summed E-state index contributed by atoms with van der Waals surface area (Å²) in [6.45, 7) is 2.33. The highest BCUT2D eigenvalue weighted by molar-refractivity contribution is 7.91. The molecule has 1 saturated heterocycles. The molecule has 1 atom stereocenters. The molecule has 1 aromatic heterocycles. The summed E-state index contributed by atoms with van der Waals surface area (Å²) in [5, 5.41) is 1.72. The van der Waals surface area contributed by atoms with Gasteiger partial charge in [-0.25, -0.2) is 13.1 Å². The number of nitrogens with zero attached hydrogens (tertiary/aromatic N) is 1. The molecule has 1 N–H and O–H groups in total. The summed E-state index contributed by atoms with van der Waals surface area (Å²) < 4.78 is 27.3. The second-order valence-corrected chi connectivity index (χ2v) is 8.18. The average molecular weight is 336 g/mol. The Morgan fingerprint density at radius 1 is 1.23 bits per heavy atom. The van der Waals surface area contributed by atoms with Gasteiger partial charge >= 0.3 is 0 Å². The second-order valence-electron chi connectivity index (χ2n) is 5.29. The number of rotatable bonds is 4. The summed E-state index contributed by atoms with van der Waals surface area (Å²) in [6.07, 6.45) is 0.179. The van der Waals surface area contributed by atoms with E-state index in [1.54, 1.807) is 22.4 Å². The van der Waals surface area contributed by atoms with Crippen LogP contribution in [0.5, 0.6) is 0 Å². The fraction of sp³-hybridized carbons (Fsp3) is 0.267. The van der Waals surface area contributed by atoms with Crippen molar-refractivity contribution < 1.29 is 13.2 Å². The van der Waals surface area contributed by atoms with E-state index in [1.807, 2.05) is 31.2 Å². The van der Waals surface area contributed by atoms with Crippen molar-refractivity contribution in [2.75, 3.05) is 11.4 Å². The zero-order valence-corrected chi connectivity index (χ0v) is 13.7. The Hall–Kier alpha value is -1.70. The van der Waals surface area contributed by atoms with Crippen LogP contribution in [0.4, 0.5) is 5.69 Å². The number of sulfonamides is 1. The molecule has 1 fully saturated rings. The van der Waals surface area contributed by atoms with Gasteiger partial charge in [0.25, 0.3) is 0 Å². The molecule has 0 bridgehead atoms. The molecule has 0 spiro atoms. The Labute approximate surface area is 133 Å². The first-order valence-corrected chi connectivity index (χ1v) is 9.25. The first kappa shape index (κ1) is 15.2. The van der Waals surface area contributed by atoms with Gasteiger partial charge in [0.1, 0.15) is 4.21 Å². The van der Waals surface area contributed by atoms with Gasteiger partial charge in [0.2, 0.25) is 15.9 Å². The number of carbonyl (C=O) groups is 1. The molecule has 1 aromatic carbocycles. The highest BCUT2D eigenvalue weighted by atomic mass is 32.2. The van der Waals surface area contributed by atoms with Crippen molar-refractivity contribution in [3.8, 4) is 0 Å². The predicted molar refractivity (Wildman–Crippen MR) is 86.6 cm³/mol. The van der Waals surface area contributed by atoms with Crippen molar-refractivity contribution in [2.24, 2.45) is 0 Å². The van der Waals surface area contributed by atoms with E-state index in [2.05, 4.69) is 4.72 Å². The number of hydrogen-bond donors (Lipinski definition) is 1. The van der Waals surface area contributed by atoms with Crippen molar-refractivity contribution >= 4 is 33.0 Å². The van der Waals surface area contributed by atoms with Gasteiger partial charge in [-0.2, -0.15) is 0 Å². The summed E-state index contributed by atoms with van der Waals surface area (Å²) in [6, 6.07) is 10.5. The molecule has 2 aromatic rings. The fourth-order valence-electron chi connectivity index (χ4n) is 2.45. The van der Waals surface area contributed by atoms with E-state index in [4.69, 9.17) is 0 Å². The highest BCUT2D eigenvalue weighted by Gasteiger charge is 2.33. The minimum absolute atomic E-state index is 0.0669. The second kappa shape index (κ2) is 5.83. The summed E-state index contributed by atoms with van der Waals surface area (Å²) in [4.78, 5) is 13.8. The molecule has 22 heavy (non-hydrogen) atoms. The molecule has 3 rings (SSSR count). The van der Waals surface area contributed by atoms with Crippen LogP contribution in [0.2, 0.25) is 0 Å². The molecule has 7 heteroatoms. The van der Waals surface area contributed by atoms with Gasteiger partial charge in [0.15, 0.2) is 0 Å². The lowest BCUT2D eigenvalue weighted by molar-refractivity contribution is -0.117. The van der Waals surface area contributed by atoms with Crippen LogP contribution in [0.15, 0.2) is 46.0 Å². The number of hydrogen-bond acceptors (Lipinski definition) is 4. The quantitative estimate of drug-likeness (QED) is 0.930. The highest BCUT2D eigenvalue weighted by Crippen LogP contribution is 2.23. The summed E-state index contributed by atoms with van der Waals surface area (Å²) in [7, 11) is -3.55. The van der Waals surface area contributed by atoms with Crippen molar-refractivity contribution in [2.45, 2.75) is 23.6 Å². The Morgan fingerprint density at radius 2 is 1.95 bits per heavy atom. The number of anilines is 1. The maximum absolute atomic E-state index is 12.2. The maximum atomic E-state index is 12.2. The third-order valence-electron chi connectivity index (χ3n) is 3.55. The van der Waals surface area contributed by atoms with E-state index in [-0.39, 0.29) is 16.5 Å². The van der Waals surface area contributed by atoms with Crippen molar-refractivity contribution in [1.82, 2.24) is 4.72 Å². The molecule has 1 aliphatic rings. The number of aryl methyl sites for hydroxylation is 1. The van der Waals surface area contributed by atoms with Crippen LogP contribution in [0.3, 0.4) is 0 Å². The van der Waals surface area contributed by atoms with E-state index < -0.39 is 16.1 Å². The van der Waals surface area contributed by atoms with Crippen molar-refractivity contribution in [3.63, 3.8) is 0 Å². The number of benzene rings is 1. The van der Waals surface area contributed by atoms with Crippen LogP contribution in [0.1, 0.15) is 12.0 Å². The van der Waals surface area contributed by atoms with Crippen molar-refractivity contribution in [3.05, 3.63) is 47.3 Å².